The van der Waals surface area contributed by atoms with E-state index in [4.69, 9.17) is 0 Å². The second-order valence-electron chi connectivity index (χ2n) is 3.57. The van der Waals surface area contributed by atoms with Crippen LogP contribution in [0.5, 0.6) is 0 Å². The minimum absolute atomic E-state index is 0.398. The Morgan fingerprint density at radius 3 is 2.39 bits per heavy atom. The van der Waals surface area contributed by atoms with Gasteiger partial charge in [-0.25, -0.2) is 4.98 Å². The van der Waals surface area contributed by atoms with Crippen LogP contribution >= 0.6 is 24.2 Å². The molecule has 2 nitrogen and oxygen atoms in total. The lowest BCUT2D eigenvalue weighted by Gasteiger charge is -2.14. The summed E-state index contributed by atoms with van der Waals surface area (Å²) in [6, 6.07) is 5.02. The van der Waals surface area contributed by atoms with Crippen molar-refractivity contribution in [3.05, 3.63) is 47.0 Å². The quantitative estimate of drug-likeness (QED) is 0.860. The number of thiol groups is 1. The van der Waals surface area contributed by atoms with Crippen molar-refractivity contribution in [3.63, 3.8) is 0 Å². The Balaban J connectivity index is 2.07. The maximum absolute atomic E-state index is 12.4. The van der Waals surface area contributed by atoms with Crippen LogP contribution in [0.25, 0.3) is 0 Å². The molecule has 96 valence electrons. The van der Waals surface area contributed by atoms with Gasteiger partial charge in [-0.2, -0.15) is 13.2 Å². The van der Waals surface area contributed by atoms with Gasteiger partial charge in [0.25, 0.3) is 0 Å². The molecular weight excluding hydrogens is 281 g/mol. The summed E-state index contributed by atoms with van der Waals surface area (Å²) >= 11 is 5.66. The van der Waals surface area contributed by atoms with Crippen LogP contribution in [-0.4, -0.2) is 4.98 Å². The summed E-state index contributed by atoms with van der Waals surface area (Å²) in [7, 11) is 0. The summed E-state index contributed by atoms with van der Waals surface area (Å²) in [5, 5.41) is 2.52. The predicted molar refractivity (Wildman–Crippen MR) is 68.7 cm³/mol. The van der Waals surface area contributed by atoms with Gasteiger partial charge in [0, 0.05) is 11.6 Å². The number of thiazole rings is 1. The van der Waals surface area contributed by atoms with Crippen LogP contribution in [-0.2, 0) is 12.7 Å². The summed E-state index contributed by atoms with van der Waals surface area (Å²) < 4.78 is 38.7. The van der Waals surface area contributed by atoms with Crippen LogP contribution in [0.15, 0.2) is 35.8 Å². The molecule has 0 unspecified atom stereocenters. The molecule has 0 aliphatic carbocycles. The lowest BCUT2D eigenvalue weighted by atomic mass is 10.1. The molecule has 1 aromatic carbocycles. The molecule has 0 N–H and O–H groups in total. The fourth-order valence-electron chi connectivity index (χ4n) is 1.38. The van der Waals surface area contributed by atoms with Gasteiger partial charge in [0.15, 0.2) is 5.13 Å². The molecule has 2 aromatic rings. The molecular formula is C11H9F3N2S2. The van der Waals surface area contributed by atoms with Crippen molar-refractivity contribution in [1.29, 1.82) is 0 Å². The van der Waals surface area contributed by atoms with Crippen LogP contribution in [0.3, 0.4) is 0 Å². The predicted octanol–water partition coefficient (Wildman–Crippen LogP) is 4.01. The third-order valence-electron chi connectivity index (χ3n) is 2.25. The van der Waals surface area contributed by atoms with E-state index in [-0.39, 0.29) is 0 Å². The van der Waals surface area contributed by atoms with Crippen LogP contribution in [0, 0.1) is 0 Å². The summed E-state index contributed by atoms with van der Waals surface area (Å²) in [4.78, 5) is 4.06. The van der Waals surface area contributed by atoms with Gasteiger partial charge in [-0.15, -0.1) is 11.3 Å². The zero-order valence-electron chi connectivity index (χ0n) is 9.05. The molecule has 18 heavy (non-hydrogen) atoms. The number of benzene rings is 1. The average molecular weight is 290 g/mol. The maximum Gasteiger partial charge on any atom is 0.416 e. The van der Waals surface area contributed by atoms with Crippen LogP contribution in [0.1, 0.15) is 11.1 Å². The van der Waals surface area contributed by atoms with Crippen molar-refractivity contribution < 1.29 is 13.2 Å². The standard InChI is InChI=1S/C11H9F3N2S2/c12-11(13,14)9-3-1-8(2-4-9)7-16(17)10-15-5-6-18-10/h1-6,17H,7H2. The molecule has 0 amide bonds. The summed E-state index contributed by atoms with van der Waals surface area (Å²) in [5.41, 5.74) is 0.0967. The fraction of sp³-hybridized carbons (Fsp3) is 0.182. The smallest absolute Gasteiger partial charge is 0.290 e. The van der Waals surface area contributed by atoms with Crippen LogP contribution in [0.2, 0.25) is 0 Å². The molecule has 0 aliphatic heterocycles. The van der Waals surface area contributed by atoms with Crippen molar-refractivity contribution in [2.75, 3.05) is 4.31 Å². The van der Waals surface area contributed by atoms with E-state index < -0.39 is 11.7 Å². The second-order valence-corrected chi connectivity index (χ2v) is 4.92. The number of aromatic nitrogens is 1. The van der Waals surface area contributed by atoms with Crippen LogP contribution in [0.4, 0.5) is 18.3 Å². The average Bonchev–Trinajstić information content (AvgIpc) is 2.82. The van der Waals surface area contributed by atoms with E-state index in [1.807, 2.05) is 5.38 Å². The van der Waals surface area contributed by atoms with Gasteiger partial charge in [0.1, 0.15) is 0 Å². The van der Waals surface area contributed by atoms with Crippen molar-refractivity contribution in [1.82, 2.24) is 4.98 Å². The number of hydrogen-bond acceptors (Lipinski definition) is 4. The molecule has 0 spiro atoms. The Hall–Kier alpha value is -1.21. The molecule has 0 fully saturated rings. The van der Waals surface area contributed by atoms with Gasteiger partial charge in [-0.3, -0.25) is 4.31 Å². The first-order valence-electron chi connectivity index (χ1n) is 4.99. The molecule has 0 bridgehead atoms. The number of nitrogens with zero attached hydrogens (tertiary/aromatic N) is 2. The van der Waals surface area contributed by atoms with Gasteiger partial charge in [0.05, 0.1) is 12.1 Å². The third kappa shape index (κ3) is 3.17. The highest BCUT2D eigenvalue weighted by Crippen LogP contribution is 2.29. The summed E-state index contributed by atoms with van der Waals surface area (Å²) in [6.07, 6.45) is -2.65. The zero-order chi connectivity index (χ0) is 13.2. The highest BCUT2D eigenvalue weighted by atomic mass is 32.1. The zero-order valence-corrected chi connectivity index (χ0v) is 10.8. The third-order valence-corrected chi connectivity index (χ3v) is 3.51. The van der Waals surface area contributed by atoms with Gasteiger partial charge in [-0.05, 0) is 17.7 Å². The monoisotopic (exact) mass is 290 g/mol. The number of alkyl halides is 3. The van der Waals surface area contributed by atoms with Crippen molar-refractivity contribution >= 4 is 29.3 Å². The molecule has 0 saturated heterocycles. The van der Waals surface area contributed by atoms with E-state index in [1.165, 1.54) is 23.5 Å². The lowest BCUT2D eigenvalue weighted by Crippen LogP contribution is -2.10. The van der Waals surface area contributed by atoms with Gasteiger partial charge in [0.2, 0.25) is 0 Å². The summed E-state index contributed by atoms with van der Waals surface area (Å²) in [6.45, 7) is 0.398. The number of halogens is 3. The van der Waals surface area contributed by atoms with Crippen molar-refractivity contribution in [2.24, 2.45) is 0 Å². The van der Waals surface area contributed by atoms with E-state index in [2.05, 4.69) is 17.8 Å². The first kappa shape index (κ1) is 13.2. The van der Waals surface area contributed by atoms with Gasteiger partial charge in [-0.1, -0.05) is 24.9 Å². The van der Waals surface area contributed by atoms with Gasteiger partial charge >= 0.3 is 6.18 Å². The molecule has 0 aliphatic rings. The molecule has 0 radical (unpaired) electrons. The van der Waals surface area contributed by atoms with E-state index in [9.17, 15) is 13.2 Å². The Labute approximate surface area is 112 Å². The number of rotatable bonds is 3. The Bertz CT molecular complexity index is 494. The molecule has 1 heterocycles. The van der Waals surface area contributed by atoms with Crippen molar-refractivity contribution in [2.45, 2.75) is 12.7 Å². The van der Waals surface area contributed by atoms with Gasteiger partial charge < -0.3 is 0 Å². The Kier molecular flexibility index (Phi) is 3.82. The van der Waals surface area contributed by atoms with Crippen LogP contribution < -0.4 is 4.31 Å². The van der Waals surface area contributed by atoms with E-state index in [0.717, 1.165) is 17.7 Å². The van der Waals surface area contributed by atoms with Crippen molar-refractivity contribution in [3.8, 4) is 0 Å². The van der Waals surface area contributed by atoms with E-state index in [1.54, 1.807) is 10.5 Å². The summed E-state index contributed by atoms with van der Waals surface area (Å²) in [5.74, 6) is 0. The maximum atomic E-state index is 12.4. The topological polar surface area (TPSA) is 16.1 Å². The Morgan fingerprint density at radius 2 is 1.89 bits per heavy atom. The molecule has 7 heteroatoms. The minimum Gasteiger partial charge on any atom is -0.290 e. The number of hydrogen-bond donors (Lipinski definition) is 1. The SMILES string of the molecule is FC(F)(F)c1ccc(CN(S)c2nccs2)cc1. The minimum atomic E-state index is -4.30. The number of anilines is 1. The highest BCUT2D eigenvalue weighted by molar-refractivity contribution is 7.82. The fourth-order valence-corrected chi connectivity index (χ4v) is 2.29. The largest absolute Gasteiger partial charge is 0.416 e. The first-order chi connectivity index (χ1) is 8.47. The first-order valence-corrected chi connectivity index (χ1v) is 6.27. The molecule has 0 atom stereocenters. The highest BCUT2D eigenvalue weighted by Gasteiger charge is 2.29. The van der Waals surface area contributed by atoms with E-state index >= 15 is 0 Å². The molecule has 0 saturated carbocycles. The van der Waals surface area contributed by atoms with E-state index in [0.29, 0.717) is 11.7 Å². The Morgan fingerprint density at radius 1 is 1.22 bits per heavy atom. The lowest BCUT2D eigenvalue weighted by molar-refractivity contribution is -0.137. The molecule has 1 aromatic heterocycles. The normalized spacial score (nSPS) is 11.6. The molecule has 2 rings (SSSR count). The second kappa shape index (κ2) is 5.19.